The molecule has 0 amide bonds. The van der Waals surface area contributed by atoms with E-state index in [0.717, 1.165) is 21.2 Å². The third-order valence-electron chi connectivity index (χ3n) is 1.73. The van der Waals surface area contributed by atoms with Crippen molar-refractivity contribution in [2.45, 2.75) is 13.8 Å². The van der Waals surface area contributed by atoms with E-state index < -0.39 is 0 Å². The maximum absolute atomic E-state index is 3.49. The summed E-state index contributed by atoms with van der Waals surface area (Å²) in [5, 5.41) is 3.33. The normalized spacial score (nSPS) is 9.71. The van der Waals surface area contributed by atoms with Gasteiger partial charge in [0.05, 0.1) is 0 Å². The first-order valence-electron chi connectivity index (χ1n) is 4.42. The number of anilines is 1. The Kier molecular flexibility index (Phi) is 4.69. The highest BCUT2D eigenvalue weighted by molar-refractivity contribution is 9.11. The molecule has 0 spiro atoms. The first kappa shape index (κ1) is 11.8. The van der Waals surface area contributed by atoms with Gasteiger partial charge in [-0.15, -0.1) is 0 Å². The molecular weight excluding hydrogens is 306 g/mol. The van der Waals surface area contributed by atoms with Crippen molar-refractivity contribution in [3.05, 3.63) is 38.8 Å². The van der Waals surface area contributed by atoms with E-state index in [-0.39, 0.29) is 0 Å². The molecule has 3 heteroatoms. The van der Waals surface area contributed by atoms with Crippen LogP contribution < -0.4 is 5.32 Å². The lowest BCUT2D eigenvalue weighted by molar-refractivity contribution is 1.26. The maximum Gasteiger partial charge on any atom is 0.0498 e. The molecule has 0 radical (unpaired) electrons. The zero-order chi connectivity index (χ0) is 10.6. The predicted molar refractivity (Wildman–Crippen MR) is 69.8 cm³/mol. The molecule has 0 aliphatic heterocycles. The monoisotopic (exact) mass is 317 g/mol. The van der Waals surface area contributed by atoms with Crippen LogP contribution in [-0.2, 0) is 0 Å². The molecule has 1 rings (SSSR count). The Balaban J connectivity index is 2.67. The molecule has 14 heavy (non-hydrogen) atoms. The van der Waals surface area contributed by atoms with Crippen molar-refractivity contribution in [3.8, 4) is 0 Å². The van der Waals surface area contributed by atoms with E-state index in [9.17, 15) is 0 Å². The molecule has 1 nitrogen and oxygen atoms in total. The summed E-state index contributed by atoms with van der Waals surface area (Å²) in [4.78, 5) is 0. The van der Waals surface area contributed by atoms with E-state index >= 15 is 0 Å². The lowest BCUT2D eigenvalue weighted by Crippen LogP contribution is -1.99. The molecule has 0 heterocycles. The summed E-state index contributed by atoms with van der Waals surface area (Å²) in [6.45, 7) is 5.05. The second-order valence-corrected chi connectivity index (χ2v) is 5.06. The van der Waals surface area contributed by atoms with E-state index in [1.807, 2.05) is 12.1 Å². The lowest BCUT2D eigenvalue weighted by atomic mass is 10.3. The number of halogens is 2. The quantitative estimate of drug-likeness (QED) is 0.804. The fourth-order valence-corrected chi connectivity index (χ4v) is 1.75. The van der Waals surface area contributed by atoms with E-state index in [1.54, 1.807) is 0 Å². The summed E-state index contributed by atoms with van der Waals surface area (Å²) >= 11 is 6.93. The molecule has 0 unspecified atom stereocenters. The van der Waals surface area contributed by atoms with Crippen molar-refractivity contribution in [1.82, 2.24) is 0 Å². The third kappa shape index (κ3) is 3.84. The van der Waals surface area contributed by atoms with Gasteiger partial charge in [0.25, 0.3) is 0 Å². The first-order chi connectivity index (χ1) is 6.59. The van der Waals surface area contributed by atoms with Crippen LogP contribution >= 0.6 is 31.9 Å². The molecule has 76 valence electrons. The molecule has 0 saturated carbocycles. The zero-order valence-corrected chi connectivity index (χ0v) is 11.4. The Labute approximate surface area is 102 Å². The Bertz CT molecular complexity index is 341. The van der Waals surface area contributed by atoms with Crippen LogP contribution in [0, 0.1) is 0 Å². The molecule has 1 N–H and O–H groups in total. The number of hydrogen-bond donors (Lipinski definition) is 1. The molecule has 0 atom stereocenters. The van der Waals surface area contributed by atoms with Crippen molar-refractivity contribution >= 4 is 37.5 Å². The van der Waals surface area contributed by atoms with Gasteiger partial charge in [0.15, 0.2) is 0 Å². The Morgan fingerprint density at radius 3 is 2.71 bits per heavy atom. The highest BCUT2D eigenvalue weighted by Crippen LogP contribution is 2.25. The topological polar surface area (TPSA) is 12.0 Å². The van der Waals surface area contributed by atoms with Crippen LogP contribution in [0.3, 0.4) is 0 Å². The molecule has 0 bridgehead atoms. The minimum Gasteiger partial charge on any atom is -0.381 e. The summed E-state index contributed by atoms with van der Waals surface area (Å²) in [5.74, 6) is 0. The van der Waals surface area contributed by atoms with E-state index in [1.165, 1.54) is 5.57 Å². The van der Waals surface area contributed by atoms with Gasteiger partial charge in [0.1, 0.15) is 0 Å². The van der Waals surface area contributed by atoms with E-state index in [2.05, 4.69) is 63.2 Å². The lowest BCUT2D eigenvalue weighted by Gasteiger charge is -2.06. The number of nitrogens with one attached hydrogen (secondary N) is 1. The summed E-state index contributed by atoms with van der Waals surface area (Å²) in [6, 6.07) is 6.09. The van der Waals surface area contributed by atoms with Crippen molar-refractivity contribution in [1.29, 1.82) is 0 Å². The third-order valence-corrected chi connectivity index (χ3v) is 2.92. The average molecular weight is 319 g/mol. The smallest absolute Gasteiger partial charge is 0.0498 e. The minimum absolute atomic E-state index is 0.859. The summed E-state index contributed by atoms with van der Waals surface area (Å²) in [5.41, 5.74) is 2.43. The van der Waals surface area contributed by atoms with Gasteiger partial charge in [-0.2, -0.15) is 0 Å². The van der Waals surface area contributed by atoms with Crippen LogP contribution in [0.1, 0.15) is 13.8 Å². The molecule has 1 aromatic rings. The highest BCUT2D eigenvalue weighted by atomic mass is 79.9. The Morgan fingerprint density at radius 2 is 2.07 bits per heavy atom. The molecular formula is C11H13Br2N. The predicted octanol–water partition coefficient (Wildman–Crippen LogP) is 4.59. The Hall–Kier alpha value is -0.280. The highest BCUT2D eigenvalue weighted by Gasteiger charge is 1.98. The van der Waals surface area contributed by atoms with Gasteiger partial charge in [-0.3, -0.25) is 0 Å². The molecule has 0 aliphatic rings. The van der Waals surface area contributed by atoms with Gasteiger partial charge in [-0.25, -0.2) is 0 Å². The second-order valence-electron chi connectivity index (χ2n) is 3.29. The van der Waals surface area contributed by atoms with Gasteiger partial charge in [-0.05, 0) is 48.0 Å². The standard InChI is InChI=1S/C11H13Br2N/c1-8(2)5-6-14-11-7-9(12)3-4-10(11)13/h3-5,7,14H,6H2,1-2H3. The van der Waals surface area contributed by atoms with Gasteiger partial charge in [0, 0.05) is 21.2 Å². The molecule has 0 aliphatic carbocycles. The van der Waals surface area contributed by atoms with Crippen LogP contribution in [0.2, 0.25) is 0 Å². The first-order valence-corrected chi connectivity index (χ1v) is 6.00. The molecule has 0 fully saturated rings. The minimum atomic E-state index is 0.859. The second kappa shape index (κ2) is 5.56. The van der Waals surface area contributed by atoms with Crippen molar-refractivity contribution < 1.29 is 0 Å². The van der Waals surface area contributed by atoms with Crippen LogP contribution in [0.5, 0.6) is 0 Å². The van der Waals surface area contributed by atoms with Crippen LogP contribution in [0.15, 0.2) is 38.8 Å². The number of rotatable bonds is 3. The Morgan fingerprint density at radius 1 is 1.36 bits per heavy atom. The van der Waals surface area contributed by atoms with Crippen molar-refractivity contribution in [3.63, 3.8) is 0 Å². The van der Waals surface area contributed by atoms with Crippen LogP contribution in [-0.4, -0.2) is 6.54 Å². The van der Waals surface area contributed by atoms with E-state index in [0.29, 0.717) is 0 Å². The summed E-state index contributed by atoms with van der Waals surface area (Å²) < 4.78 is 2.17. The molecule has 0 saturated heterocycles. The maximum atomic E-state index is 3.49. The number of benzene rings is 1. The number of allylic oxidation sites excluding steroid dienone is 1. The summed E-state index contributed by atoms with van der Waals surface area (Å²) in [6.07, 6.45) is 2.16. The van der Waals surface area contributed by atoms with Crippen LogP contribution in [0.4, 0.5) is 5.69 Å². The van der Waals surface area contributed by atoms with Gasteiger partial charge in [0.2, 0.25) is 0 Å². The summed E-state index contributed by atoms with van der Waals surface area (Å²) in [7, 11) is 0. The van der Waals surface area contributed by atoms with Crippen molar-refractivity contribution in [2.24, 2.45) is 0 Å². The van der Waals surface area contributed by atoms with Crippen LogP contribution in [0.25, 0.3) is 0 Å². The van der Waals surface area contributed by atoms with Gasteiger partial charge < -0.3 is 5.32 Å². The molecule has 1 aromatic carbocycles. The largest absolute Gasteiger partial charge is 0.381 e. The molecule has 0 aromatic heterocycles. The van der Waals surface area contributed by atoms with Gasteiger partial charge >= 0.3 is 0 Å². The number of hydrogen-bond acceptors (Lipinski definition) is 1. The zero-order valence-electron chi connectivity index (χ0n) is 8.27. The average Bonchev–Trinajstić information content (AvgIpc) is 2.10. The van der Waals surface area contributed by atoms with E-state index in [4.69, 9.17) is 0 Å². The fraction of sp³-hybridized carbons (Fsp3) is 0.273. The van der Waals surface area contributed by atoms with Crippen molar-refractivity contribution in [2.75, 3.05) is 11.9 Å². The van der Waals surface area contributed by atoms with Gasteiger partial charge in [-0.1, -0.05) is 27.6 Å². The SMILES string of the molecule is CC(C)=CCNc1cc(Br)ccc1Br. The fourth-order valence-electron chi connectivity index (χ4n) is 0.998.